The quantitative estimate of drug-likeness (QED) is 0.631. The van der Waals surface area contributed by atoms with Gasteiger partial charge in [-0.25, -0.2) is 13.1 Å². The van der Waals surface area contributed by atoms with E-state index in [0.717, 1.165) is 0 Å². The minimum Gasteiger partial charge on any atom is -0.481 e. The zero-order valence-corrected chi connectivity index (χ0v) is 11.7. The molecular formula is C10H20N2O5S. The molecule has 1 amide bonds. The van der Waals surface area contributed by atoms with Crippen LogP contribution in [0.2, 0.25) is 0 Å². The summed E-state index contributed by atoms with van der Waals surface area (Å²) in [6, 6.07) is -0.885. The monoisotopic (exact) mass is 280 g/mol. The Morgan fingerprint density at radius 2 is 1.78 bits per heavy atom. The molecule has 0 rings (SSSR count). The molecule has 0 aliphatic heterocycles. The maximum Gasteiger partial charge on any atom is 0.304 e. The molecule has 0 aliphatic carbocycles. The van der Waals surface area contributed by atoms with Crippen LogP contribution in [0.25, 0.3) is 0 Å². The van der Waals surface area contributed by atoms with Crippen molar-refractivity contribution in [3.8, 4) is 0 Å². The Hall–Kier alpha value is -1.15. The fourth-order valence-electron chi connectivity index (χ4n) is 1.41. The fourth-order valence-corrected chi connectivity index (χ4v) is 2.61. The van der Waals surface area contributed by atoms with E-state index in [1.54, 1.807) is 13.8 Å². The lowest BCUT2D eigenvalue weighted by molar-refractivity contribution is -0.136. The highest BCUT2D eigenvalue weighted by Gasteiger charge is 2.23. The lowest BCUT2D eigenvalue weighted by Gasteiger charge is -2.23. The average Bonchev–Trinajstić information content (AvgIpc) is 2.27. The van der Waals surface area contributed by atoms with Gasteiger partial charge >= 0.3 is 5.97 Å². The van der Waals surface area contributed by atoms with Gasteiger partial charge in [0.05, 0.1) is 18.2 Å². The summed E-state index contributed by atoms with van der Waals surface area (Å²) in [6.45, 7) is 6.03. The molecule has 0 saturated heterocycles. The van der Waals surface area contributed by atoms with Crippen LogP contribution in [0.3, 0.4) is 0 Å². The fraction of sp³-hybridized carbons (Fsp3) is 0.800. The molecule has 0 aliphatic rings. The molecule has 1 unspecified atom stereocenters. The Bertz CT molecular complexity index is 389. The first kappa shape index (κ1) is 16.9. The third-order valence-corrected chi connectivity index (χ3v) is 3.84. The number of nitrogens with zero attached hydrogens (tertiary/aromatic N) is 1. The van der Waals surface area contributed by atoms with E-state index in [1.165, 1.54) is 11.8 Å². The first-order chi connectivity index (χ1) is 8.23. The molecule has 7 nitrogen and oxygen atoms in total. The first-order valence-electron chi connectivity index (χ1n) is 5.74. The highest BCUT2D eigenvalue weighted by atomic mass is 32.2. The van der Waals surface area contributed by atoms with E-state index < -0.39 is 34.2 Å². The summed E-state index contributed by atoms with van der Waals surface area (Å²) in [7, 11) is -3.75. The van der Waals surface area contributed by atoms with Gasteiger partial charge in [0.25, 0.3) is 0 Å². The van der Waals surface area contributed by atoms with Gasteiger partial charge in [0.1, 0.15) is 0 Å². The van der Waals surface area contributed by atoms with Crippen molar-refractivity contribution >= 4 is 21.9 Å². The van der Waals surface area contributed by atoms with Crippen molar-refractivity contribution in [1.82, 2.24) is 9.62 Å². The van der Waals surface area contributed by atoms with Gasteiger partial charge in [-0.1, -0.05) is 0 Å². The average molecular weight is 280 g/mol. The third kappa shape index (κ3) is 5.97. The first-order valence-corrected chi connectivity index (χ1v) is 7.39. The highest BCUT2D eigenvalue weighted by Crippen LogP contribution is 1.98. The van der Waals surface area contributed by atoms with Crippen LogP contribution in [-0.2, 0) is 19.6 Å². The molecule has 0 bridgehead atoms. The molecule has 0 saturated carbocycles. The number of carbonyl (C=O) groups is 2. The molecule has 0 fully saturated rings. The van der Waals surface area contributed by atoms with Crippen LogP contribution in [0.15, 0.2) is 0 Å². The second-order valence-electron chi connectivity index (χ2n) is 3.81. The Labute approximate surface area is 107 Å². The number of hydrogen-bond acceptors (Lipinski definition) is 4. The van der Waals surface area contributed by atoms with Crippen molar-refractivity contribution < 1.29 is 23.1 Å². The van der Waals surface area contributed by atoms with E-state index in [9.17, 15) is 18.0 Å². The number of rotatable bonds is 8. The summed E-state index contributed by atoms with van der Waals surface area (Å²) >= 11 is 0. The van der Waals surface area contributed by atoms with Crippen LogP contribution in [-0.4, -0.2) is 55.2 Å². The number of likely N-dealkylation sites (N-methyl/N-ethyl adjacent to an activating group) is 1. The lowest BCUT2D eigenvalue weighted by atomic mass is 10.3. The van der Waals surface area contributed by atoms with E-state index in [4.69, 9.17) is 5.11 Å². The molecule has 0 aromatic carbocycles. The van der Waals surface area contributed by atoms with E-state index in [-0.39, 0.29) is 5.91 Å². The summed E-state index contributed by atoms with van der Waals surface area (Å²) in [5.41, 5.74) is 0. The molecule has 0 radical (unpaired) electrons. The predicted octanol–water partition coefficient (Wildman–Crippen LogP) is -0.363. The van der Waals surface area contributed by atoms with Crippen LogP contribution < -0.4 is 4.72 Å². The summed E-state index contributed by atoms with van der Waals surface area (Å²) in [4.78, 5) is 23.6. The van der Waals surface area contributed by atoms with Gasteiger partial charge in [0, 0.05) is 13.1 Å². The van der Waals surface area contributed by atoms with Crippen LogP contribution in [0, 0.1) is 0 Å². The van der Waals surface area contributed by atoms with Gasteiger partial charge < -0.3 is 10.0 Å². The normalized spacial score (nSPS) is 13.1. The van der Waals surface area contributed by atoms with Gasteiger partial charge in [0.2, 0.25) is 15.9 Å². The topological polar surface area (TPSA) is 104 Å². The van der Waals surface area contributed by atoms with Gasteiger partial charge in [-0.3, -0.25) is 9.59 Å². The largest absolute Gasteiger partial charge is 0.481 e. The maximum atomic E-state index is 11.8. The van der Waals surface area contributed by atoms with Gasteiger partial charge in [-0.15, -0.1) is 0 Å². The maximum absolute atomic E-state index is 11.8. The number of sulfonamides is 1. The second kappa shape index (κ2) is 7.32. The predicted molar refractivity (Wildman–Crippen MR) is 66.6 cm³/mol. The second-order valence-corrected chi connectivity index (χ2v) is 5.69. The smallest absolute Gasteiger partial charge is 0.304 e. The highest BCUT2D eigenvalue weighted by molar-refractivity contribution is 7.89. The van der Waals surface area contributed by atoms with Gasteiger partial charge in [0.15, 0.2) is 0 Å². The number of carbonyl (C=O) groups excluding carboxylic acids is 1. The van der Waals surface area contributed by atoms with Crippen LogP contribution in [0.1, 0.15) is 27.2 Å². The number of carboxylic acid groups (broad SMARTS) is 1. The molecule has 18 heavy (non-hydrogen) atoms. The van der Waals surface area contributed by atoms with E-state index in [2.05, 4.69) is 4.72 Å². The molecule has 106 valence electrons. The van der Waals surface area contributed by atoms with Gasteiger partial charge in [-0.2, -0.15) is 0 Å². The van der Waals surface area contributed by atoms with Crippen molar-refractivity contribution in [3.05, 3.63) is 0 Å². The minimum absolute atomic E-state index is 0.320. The molecule has 0 heterocycles. The number of nitrogens with one attached hydrogen (secondary N) is 1. The molecule has 8 heteroatoms. The van der Waals surface area contributed by atoms with Crippen molar-refractivity contribution in [2.24, 2.45) is 0 Å². The summed E-state index contributed by atoms with van der Waals surface area (Å²) < 4.78 is 25.2. The number of hydrogen-bond donors (Lipinski definition) is 2. The SMILES string of the molecule is CCN(CC)C(=O)C(C)NS(=O)(=O)CCC(=O)O. The Balaban J connectivity index is 4.50. The van der Waals surface area contributed by atoms with Crippen molar-refractivity contribution in [2.75, 3.05) is 18.8 Å². The number of aliphatic carboxylic acids is 1. The molecule has 0 spiro atoms. The lowest BCUT2D eigenvalue weighted by Crippen LogP contribution is -2.47. The molecule has 0 aromatic heterocycles. The van der Waals surface area contributed by atoms with E-state index >= 15 is 0 Å². The minimum atomic E-state index is -3.75. The zero-order chi connectivity index (χ0) is 14.3. The van der Waals surface area contributed by atoms with E-state index in [0.29, 0.717) is 13.1 Å². The number of amides is 1. The Morgan fingerprint density at radius 3 is 2.17 bits per heavy atom. The summed E-state index contributed by atoms with van der Waals surface area (Å²) in [5.74, 6) is -2.04. The standard InChI is InChI=1S/C10H20N2O5S/c1-4-12(5-2)10(15)8(3)11-18(16,17)7-6-9(13)14/h8,11H,4-7H2,1-3H3,(H,13,14). The Morgan fingerprint density at radius 1 is 1.28 bits per heavy atom. The van der Waals surface area contributed by atoms with Crippen molar-refractivity contribution in [2.45, 2.75) is 33.2 Å². The number of carboxylic acids is 1. The van der Waals surface area contributed by atoms with Crippen LogP contribution in [0.4, 0.5) is 0 Å². The van der Waals surface area contributed by atoms with E-state index in [1.807, 2.05) is 0 Å². The third-order valence-electron chi connectivity index (χ3n) is 2.39. The molecule has 0 aromatic rings. The summed E-state index contributed by atoms with van der Waals surface area (Å²) in [6.07, 6.45) is -0.485. The molecule has 1 atom stereocenters. The van der Waals surface area contributed by atoms with Crippen LogP contribution >= 0.6 is 0 Å². The molecular weight excluding hydrogens is 260 g/mol. The zero-order valence-electron chi connectivity index (χ0n) is 10.8. The Kier molecular flexibility index (Phi) is 6.85. The van der Waals surface area contributed by atoms with Gasteiger partial charge in [-0.05, 0) is 20.8 Å². The summed E-state index contributed by atoms with van der Waals surface area (Å²) in [5, 5.41) is 8.42. The molecule has 2 N–H and O–H groups in total. The van der Waals surface area contributed by atoms with Crippen LogP contribution in [0.5, 0.6) is 0 Å². The van der Waals surface area contributed by atoms with Crippen molar-refractivity contribution in [1.29, 1.82) is 0 Å². The van der Waals surface area contributed by atoms with Crippen molar-refractivity contribution in [3.63, 3.8) is 0 Å².